The Labute approximate surface area is 68.2 Å². The quantitative estimate of drug-likeness (QED) is 0.646. The van der Waals surface area contributed by atoms with Crippen LogP contribution < -0.4 is 0 Å². The van der Waals surface area contributed by atoms with E-state index in [4.69, 9.17) is 16.9 Å². The first-order valence-corrected chi connectivity index (χ1v) is 3.28. The van der Waals surface area contributed by atoms with Crippen LogP contribution in [0.5, 0.6) is 0 Å². The van der Waals surface area contributed by atoms with E-state index in [1.54, 1.807) is 6.07 Å². The smallest absolute Gasteiger partial charge is 0.147 e. The SMILES string of the molecule is N#CCc1ncc(Cl)cc1F. The summed E-state index contributed by atoms with van der Waals surface area (Å²) in [5.74, 6) is -0.529. The van der Waals surface area contributed by atoms with Gasteiger partial charge in [0, 0.05) is 6.20 Å². The molecule has 1 aromatic rings. The predicted molar refractivity (Wildman–Crippen MR) is 38.5 cm³/mol. The van der Waals surface area contributed by atoms with Gasteiger partial charge in [-0.2, -0.15) is 5.26 Å². The number of halogens is 2. The lowest BCUT2D eigenvalue weighted by Gasteiger charge is -1.95. The molecule has 1 rings (SSSR count). The molecular weight excluding hydrogens is 167 g/mol. The maximum absolute atomic E-state index is 12.7. The third-order valence-corrected chi connectivity index (χ3v) is 1.34. The zero-order valence-corrected chi connectivity index (χ0v) is 6.27. The molecule has 1 aromatic heterocycles. The maximum Gasteiger partial charge on any atom is 0.147 e. The van der Waals surface area contributed by atoms with Crippen molar-refractivity contribution in [2.45, 2.75) is 6.42 Å². The summed E-state index contributed by atoms with van der Waals surface area (Å²) >= 11 is 5.43. The molecule has 0 N–H and O–H groups in total. The van der Waals surface area contributed by atoms with E-state index in [0.717, 1.165) is 6.07 Å². The minimum Gasteiger partial charge on any atom is -0.256 e. The predicted octanol–water partition coefficient (Wildman–Crippen LogP) is 1.94. The summed E-state index contributed by atoms with van der Waals surface area (Å²) in [7, 11) is 0. The number of nitrogens with zero attached hydrogens (tertiary/aromatic N) is 2. The first-order chi connectivity index (χ1) is 5.24. The van der Waals surface area contributed by atoms with Crippen molar-refractivity contribution in [3.8, 4) is 6.07 Å². The first-order valence-electron chi connectivity index (χ1n) is 2.91. The number of hydrogen-bond acceptors (Lipinski definition) is 2. The Balaban J connectivity index is 3.01. The first kappa shape index (κ1) is 7.96. The van der Waals surface area contributed by atoms with Crippen LogP contribution in [0.3, 0.4) is 0 Å². The van der Waals surface area contributed by atoms with Gasteiger partial charge in [-0.25, -0.2) is 4.39 Å². The van der Waals surface area contributed by atoms with E-state index >= 15 is 0 Å². The summed E-state index contributed by atoms with van der Waals surface area (Å²) in [6.45, 7) is 0. The number of aromatic nitrogens is 1. The van der Waals surface area contributed by atoms with Gasteiger partial charge in [0.2, 0.25) is 0 Å². The van der Waals surface area contributed by atoms with Crippen LogP contribution in [0.4, 0.5) is 4.39 Å². The molecule has 0 amide bonds. The molecule has 0 spiro atoms. The molecule has 0 aromatic carbocycles. The Morgan fingerprint density at radius 2 is 2.45 bits per heavy atom. The molecule has 0 atom stereocenters. The van der Waals surface area contributed by atoms with Crippen molar-refractivity contribution >= 4 is 11.6 Å². The topological polar surface area (TPSA) is 36.7 Å². The molecule has 4 heteroatoms. The lowest BCUT2D eigenvalue weighted by Crippen LogP contribution is -1.92. The molecule has 0 unspecified atom stereocenters. The van der Waals surface area contributed by atoms with Gasteiger partial charge in [0.05, 0.1) is 23.2 Å². The summed E-state index contributed by atoms with van der Waals surface area (Å²) in [4.78, 5) is 3.64. The Morgan fingerprint density at radius 1 is 1.73 bits per heavy atom. The molecule has 0 aliphatic rings. The van der Waals surface area contributed by atoms with Gasteiger partial charge in [-0.1, -0.05) is 11.6 Å². The van der Waals surface area contributed by atoms with Crippen molar-refractivity contribution in [2.24, 2.45) is 0 Å². The second-order valence-corrected chi connectivity index (χ2v) is 2.35. The number of rotatable bonds is 1. The largest absolute Gasteiger partial charge is 0.256 e. The normalized spacial score (nSPS) is 9.18. The Hall–Kier alpha value is -1.14. The van der Waals surface area contributed by atoms with E-state index in [0.29, 0.717) is 0 Å². The third-order valence-electron chi connectivity index (χ3n) is 1.13. The fourth-order valence-corrected chi connectivity index (χ4v) is 0.792. The van der Waals surface area contributed by atoms with Crippen LogP contribution in [0.1, 0.15) is 5.69 Å². The van der Waals surface area contributed by atoms with Gasteiger partial charge in [0.1, 0.15) is 5.82 Å². The van der Waals surface area contributed by atoms with Crippen LogP contribution in [-0.2, 0) is 6.42 Å². The Bertz CT molecular complexity index is 306. The fraction of sp³-hybridized carbons (Fsp3) is 0.143. The van der Waals surface area contributed by atoms with Gasteiger partial charge in [0.25, 0.3) is 0 Å². The zero-order valence-electron chi connectivity index (χ0n) is 5.51. The number of hydrogen-bond donors (Lipinski definition) is 0. The molecule has 11 heavy (non-hydrogen) atoms. The van der Waals surface area contributed by atoms with Gasteiger partial charge < -0.3 is 0 Å². The molecule has 56 valence electrons. The van der Waals surface area contributed by atoms with E-state index in [1.807, 2.05) is 0 Å². The van der Waals surface area contributed by atoms with Gasteiger partial charge in [0.15, 0.2) is 0 Å². The van der Waals surface area contributed by atoms with E-state index in [2.05, 4.69) is 4.98 Å². The maximum atomic E-state index is 12.7. The lowest BCUT2D eigenvalue weighted by molar-refractivity contribution is 0.605. The highest BCUT2D eigenvalue weighted by atomic mass is 35.5. The average Bonchev–Trinajstić information content (AvgIpc) is 1.95. The molecule has 0 radical (unpaired) electrons. The molecular formula is C7H4ClFN2. The molecule has 1 heterocycles. The van der Waals surface area contributed by atoms with E-state index < -0.39 is 5.82 Å². The van der Waals surface area contributed by atoms with Crippen molar-refractivity contribution in [3.63, 3.8) is 0 Å². The molecule has 0 aliphatic carbocycles. The molecule has 0 saturated carbocycles. The number of pyridine rings is 1. The van der Waals surface area contributed by atoms with Crippen molar-refractivity contribution in [1.82, 2.24) is 4.98 Å². The van der Waals surface area contributed by atoms with Gasteiger partial charge in [-0.15, -0.1) is 0 Å². The highest BCUT2D eigenvalue weighted by molar-refractivity contribution is 6.30. The minimum atomic E-state index is -0.529. The molecule has 0 aliphatic heterocycles. The van der Waals surface area contributed by atoms with E-state index in [-0.39, 0.29) is 17.1 Å². The second kappa shape index (κ2) is 3.31. The molecule has 0 bridgehead atoms. The van der Waals surface area contributed by atoms with Crippen LogP contribution in [0.15, 0.2) is 12.3 Å². The van der Waals surface area contributed by atoms with Crippen LogP contribution in [-0.4, -0.2) is 4.98 Å². The van der Waals surface area contributed by atoms with Crippen LogP contribution in [0.2, 0.25) is 5.02 Å². The second-order valence-electron chi connectivity index (χ2n) is 1.92. The summed E-state index contributed by atoms with van der Waals surface area (Å²) in [6.07, 6.45) is 1.29. The van der Waals surface area contributed by atoms with E-state index in [1.165, 1.54) is 6.20 Å². The molecule has 2 nitrogen and oxygen atoms in total. The van der Waals surface area contributed by atoms with Crippen molar-refractivity contribution in [1.29, 1.82) is 5.26 Å². The Kier molecular flexibility index (Phi) is 2.40. The van der Waals surface area contributed by atoms with Crippen molar-refractivity contribution < 1.29 is 4.39 Å². The van der Waals surface area contributed by atoms with Gasteiger partial charge in [-0.3, -0.25) is 4.98 Å². The zero-order chi connectivity index (χ0) is 8.27. The third kappa shape index (κ3) is 1.89. The standard InChI is InChI=1S/C7H4ClFN2/c8-5-3-6(9)7(1-2-10)11-4-5/h3-4H,1H2. The summed E-state index contributed by atoms with van der Waals surface area (Å²) in [5, 5.41) is 8.46. The summed E-state index contributed by atoms with van der Waals surface area (Å²) in [5.41, 5.74) is 0.136. The van der Waals surface area contributed by atoms with Crippen LogP contribution in [0.25, 0.3) is 0 Å². The highest BCUT2D eigenvalue weighted by Crippen LogP contribution is 2.11. The minimum absolute atomic E-state index is 0.0248. The summed E-state index contributed by atoms with van der Waals surface area (Å²) in [6, 6.07) is 2.94. The molecule has 0 fully saturated rings. The van der Waals surface area contributed by atoms with Crippen molar-refractivity contribution in [3.05, 3.63) is 28.8 Å². The van der Waals surface area contributed by atoms with Gasteiger partial charge >= 0.3 is 0 Å². The highest BCUT2D eigenvalue weighted by Gasteiger charge is 2.02. The van der Waals surface area contributed by atoms with E-state index in [9.17, 15) is 4.39 Å². The molecule has 0 saturated heterocycles. The van der Waals surface area contributed by atoms with Crippen LogP contribution >= 0.6 is 11.6 Å². The monoisotopic (exact) mass is 170 g/mol. The summed E-state index contributed by atoms with van der Waals surface area (Å²) < 4.78 is 12.7. The Morgan fingerprint density at radius 3 is 3.00 bits per heavy atom. The van der Waals surface area contributed by atoms with Gasteiger partial charge in [-0.05, 0) is 6.07 Å². The average molecular weight is 171 g/mol. The fourth-order valence-electron chi connectivity index (χ4n) is 0.648. The number of nitriles is 1. The van der Waals surface area contributed by atoms with Crippen LogP contribution in [0, 0.1) is 17.1 Å². The lowest BCUT2D eigenvalue weighted by atomic mass is 10.3. The van der Waals surface area contributed by atoms with Crippen molar-refractivity contribution in [2.75, 3.05) is 0 Å².